The summed E-state index contributed by atoms with van der Waals surface area (Å²) < 4.78 is 0. The molecule has 0 aliphatic heterocycles. The highest BCUT2D eigenvalue weighted by Crippen LogP contribution is 2.20. The van der Waals surface area contributed by atoms with Crippen molar-refractivity contribution >= 4 is 23.4 Å². The van der Waals surface area contributed by atoms with Crippen LogP contribution in [0.3, 0.4) is 0 Å². The Morgan fingerprint density at radius 3 is 2.05 bits per heavy atom. The van der Waals surface area contributed by atoms with E-state index in [9.17, 15) is 9.59 Å². The molecule has 0 heterocycles. The molecule has 5 heteroatoms. The standard InChI is InChI=1S/C32H39ClN2O2/c1-5-24(4)34-32(37)30(21-26-9-7-6-8-10-26)35(22-27-13-18-29(33)19-14-27)31(36)20-15-25-11-16-28(17-12-25)23(2)3/h6-14,16-19,23-24,30H,5,15,20-22H2,1-4H3,(H,34,37). The summed E-state index contributed by atoms with van der Waals surface area (Å²) in [5, 5.41) is 3.76. The van der Waals surface area contributed by atoms with Crippen molar-refractivity contribution in [3.63, 3.8) is 0 Å². The van der Waals surface area contributed by atoms with E-state index in [1.807, 2.05) is 68.4 Å². The van der Waals surface area contributed by atoms with E-state index in [1.165, 1.54) is 5.56 Å². The number of carbonyl (C=O) groups is 2. The molecule has 4 nitrogen and oxygen atoms in total. The van der Waals surface area contributed by atoms with E-state index in [-0.39, 0.29) is 17.9 Å². The minimum Gasteiger partial charge on any atom is -0.352 e. The van der Waals surface area contributed by atoms with Crippen LogP contribution in [0.1, 0.15) is 68.7 Å². The topological polar surface area (TPSA) is 49.4 Å². The van der Waals surface area contributed by atoms with Gasteiger partial charge in [0.2, 0.25) is 11.8 Å². The van der Waals surface area contributed by atoms with Gasteiger partial charge in [-0.15, -0.1) is 0 Å². The molecule has 0 saturated heterocycles. The summed E-state index contributed by atoms with van der Waals surface area (Å²) in [6.07, 6.45) is 2.22. The van der Waals surface area contributed by atoms with Gasteiger partial charge in [0.1, 0.15) is 6.04 Å². The molecule has 2 unspecified atom stereocenters. The maximum Gasteiger partial charge on any atom is 0.243 e. The first-order valence-electron chi connectivity index (χ1n) is 13.2. The molecule has 3 aromatic carbocycles. The molecular weight excluding hydrogens is 480 g/mol. The predicted octanol–water partition coefficient (Wildman–Crippen LogP) is 6.95. The fraction of sp³-hybridized carbons (Fsp3) is 0.375. The molecule has 0 aliphatic carbocycles. The van der Waals surface area contributed by atoms with E-state index in [0.29, 0.717) is 36.7 Å². The van der Waals surface area contributed by atoms with E-state index >= 15 is 0 Å². The third-order valence-electron chi connectivity index (χ3n) is 6.81. The van der Waals surface area contributed by atoms with Gasteiger partial charge in [0, 0.05) is 30.5 Å². The molecule has 0 radical (unpaired) electrons. The Bertz CT molecular complexity index is 1130. The Morgan fingerprint density at radius 1 is 0.838 bits per heavy atom. The minimum absolute atomic E-state index is 0.0257. The predicted molar refractivity (Wildman–Crippen MR) is 153 cm³/mol. The molecule has 0 bridgehead atoms. The van der Waals surface area contributed by atoms with Crippen molar-refractivity contribution in [3.8, 4) is 0 Å². The SMILES string of the molecule is CCC(C)NC(=O)C(Cc1ccccc1)N(Cc1ccc(Cl)cc1)C(=O)CCc1ccc(C(C)C)cc1. The number of halogens is 1. The Balaban J connectivity index is 1.88. The molecule has 3 rings (SSSR count). The number of carbonyl (C=O) groups excluding carboxylic acids is 2. The van der Waals surface area contributed by atoms with Crippen LogP contribution in [0.5, 0.6) is 0 Å². The van der Waals surface area contributed by atoms with Crippen molar-refractivity contribution in [2.24, 2.45) is 0 Å². The van der Waals surface area contributed by atoms with Crippen LogP contribution in [-0.4, -0.2) is 28.8 Å². The molecule has 2 atom stereocenters. The van der Waals surface area contributed by atoms with E-state index < -0.39 is 6.04 Å². The number of aryl methyl sites for hydroxylation is 1. The van der Waals surface area contributed by atoms with Crippen molar-refractivity contribution in [1.29, 1.82) is 0 Å². The van der Waals surface area contributed by atoms with Gasteiger partial charge in [-0.1, -0.05) is 99.1 Å². The van der Waals surface area contributed by atoms with Crippen molar-refractivity contribution in [2.45, 2.75) is 77.9 Å². The van der Waals surface area contributed by atoms with Gasteiger partial charge in [-0.25, -0.2) is 0 Å². The number of rotatable bonds is 12. The molecule has 0 fully saturated rings. The van der Waals surface area contributed by atoms with Crippen LogP contribution >= 0.6 is 11.6 Å². The summed E-state index contributed by atoms with van der Waals surface area (Å²) in [5.41, 5.74) is 4.36. The third-order valence-corrected chi connectivity index (χ3v) is 7.06. The summed E-state index contributed by atoms with van der Waals surface area (Å²) in [4.78, 5) is 29.1. The molecular formula is C32H39ClN2O2. The zero-order valence-corrected chi connectivity index (χ0v) is 23.2. The first kappa shape index (κ1) is 28.5. The first-order valence-corrected chi connectivity index (χ1v) is 13.6. The Morgan fingerprint density at radius 2 is 1.46 bits per heavy atom. The molecule has 37 heavy (non-hydrogen) atoms. The quantitative estimate of drug-likeness (QED) is 0.282. The lowest BCUT2D eigenvalue weighted by atomic mass is 9.99. The van der Waals surface area contributed by atoms with E-state index in [4.69, 9.17) is 11.6 Å². The van der Waals surface area contributed by atoms with Gasteiger partial charge in [-0.2, -0.15) is 0 Å². The maximum atomic E-state index is 13.8. The number of hydrogen-bond donors (Lipinski definition) is 1. The van der Waals surface area contributed by atoms with Crippen LogP contribution < -0.4 is 5.32 Å². The molecule has 0 aromatic heterocycles. The van der Waals surface area contributed by atoms with Crippen molar-refractivity contribution in [3.05, 3.63) is 106 Å². The van der Waals surface area contributed by atoms with Crippen LogP contribution in [0.2, 0.25) is 5.02 Å². The zero-order valence-electron chi connectivity index (χ0n) is 22.4. The van der Waals surface area contributed by atoms with Crippen LogP contribution in [0.25, 0.3) is 0 Å². The molecule has 3 aromatic rings. The molecule has 1 N–H and O–H groups in total. The fourth-order valence-corrected chi connectivity index (χ4v) is 4.37. The second kappa shape index (κ2) is 14.0. The lowest BCUT2D eigenvalue weighted by Crippen LogP contribution is -2.52. The number of amides is 2. The minimum atomic E-state index is -0.622. The van der Waals surface area contributed by atoms with Crippen molar-refractivity contribution in [1.82, 2.24) is 10.2 Å². The maximum absolute atomic E-state index is 13.8. The van der Waals surface area contributed by atoms with Gasteiger partial charge in [-0.3, -0.25) is 9.59 Å². The second-order valence-corrected chi connectivity index (χ2v) is 10.5. The van der Waals surface area contributed by atoms with E-state index in [1.54, 1.807) is 4.90 Å². The summed E-state index contributed by atoms with van der Waals surface area (Å²) in [5.74, 6) is 0.304. The highest BCUT2D eigenvalue weighted by molar-refractivity contribution is 6.30. The average Bonchev–Trinajstić information content (AvgIpc) is 2.91. The van der Waals surface area contributed by atoms with Gasteiger partial charge < -0.3 is 10.2 Å². The fourth-order valence-electron chi connectivity index (χ4n) is 4.25. The highest BCUT2D eigenvalue weighted by Gasteiger charge is 2.30. The highest BCUT2D eigenvalue weighted by atomic mass is 35.5. The van der Waals surface area contributed by atoms with Crippen molar-refractivity contribution in [2.75, 3.05) is 0 Å². The van der Waals surface area contributed by atoms with Gasteiger partial charge in [0.15, 0.2) is 0 Å². The second-order valence-electron chi connectivity index (χ2n) is 10.1. The third kappa shape index (κ3) is 8.75. The molecule has 2 amide bonds. The first-order chi connectivity index (χ1) is 17.8. The molecule has 196 valence electrons. The summed E-state index contributed by atoms with van der Waals surface area (Å²) in [7, 11) is 0. The lowest BCUT2D eigenvalue weighted by molar-refractivity contribution is -0.141. The van der Waals surface area contributed by atoms with Crippen LogP contribution in [0.15, 0.2) is 78.9 Å². The lowest BCUT2D eigenvalue weighted by Gasteiger charge is -2.32. The zero-order chi connectivity index (χ0) is 26.8. The van der Waals surface area contributed by atoms with Gasteiger partial charge in [0.05, 0.1) is 0 Å². The summed E-state index contributed by atoms with van der Waals surface area (Å²) in [6.45, 7) is 8.71. The van der Waals surface area contributed by atoms with Gasteiger partial charge in [0.25, 0.3) is 0 Å². The number of benzene rings is 3. The molecule has 0 aliphatic rings. The Kier molecular flexibility index (Phi) is 10.8. The smallest absolute Gasteiger partial charge is 0.243 e. The summed E-state index contributed by atoms with van der Waals surface area (Å²) in [6, 6.07) is 25.2. The van der Waals surface area contributed by atoms with Crippen molar-refractivity contribution < 1.29 is 9.59 Å². The van der Waals surface area contributed by atoms with Crippen LogP contribution in [0.4, 0.5) is 0 Å². The Labute approximate surface area is 227 Å². The molecule has 0 spiro atoms. The average molecular weight is 519 g/mol. The number of nitrogens with one attached hydrogen (secondary N) is 1. The van der Waals surface area contributed by atoms with E-state index in [0.717, 1.165) is 23.1 Å². The van der Waals surface area contributed by atoms with Gasteiger partial charge >= 0.3 is 0 Å². The summed E-state index contributed by atoms with van der Waals surface area (Å²) >= 11 is 6.11. The van der Waals surface area contributed by atoms with Gasteiger partial charge in [-0.05, 0) is 60.1 Å². The normalized spacial score (nSPS) is 12.7. The van der Waals surface area contributed by atoms with Crippen LogP contribution in [-0.2, 0) is 29.0 Å². The van der Waals surface area contributed by atoms with Crippen LogP contribution in [0, 0.1) is 0 Å². The van der Waals surface area contributed by atoms with E-state index in [2.05, 4.69) is 43.4 Å². The molecule has 0 saturated carbocycles. The Hall–Kier alpha value is -3.11. The monoisotopic (exact) mass is 518 g/mol. The largest absolute Gasteiger partial charge is 0.352 e. The number of hydrogen-bond acceptors (Lipinski definition) is 2. The number of nitrogens with zero attached hydrogens (tertiary/aromatic N) is 1.